The summed E-state index contributed by atoms with van der Waals surface area (Å²) in [6.07, 6.45) is 2.91. The summed E-state index contributed by atoms with van der Waals surface area (Å²) in [7, 11) is 0. The third-order valence-electron chi connectivity index (χ3n) is 5.56. The fourth-order valence-corrected chi connectivity index (χ4v) is 4.13. The Balaban J connectivity index is 0.000000378. The van der Waals surface area contributed by atoms with Crippen LogP contribution < -0.4 is 0 Å². The van der Waals surface area contributed by atoms with Gasteiger partial charge in [0, 0.05) is 42.6 Å². The number of benzene rings is 3. The Hall–Kier alpha value is -3.27. The first kappa shape index (κ1) is 26.3. The van der Waals surface area contributed by atoms with Gasteiger partial charge >= 0.3 is 0 Å². The van der Waals surface area contributed by atoms with Crippen LogP contribution in [0.25, 0.3) is 43.9 Å². The van der Waals surface area contributed by atoms with E-state index < -0.39 is 0 Å². The molecule has 0 bridgehead atoms. The van der Waals surface area contributed by atoms with Gasteiger partial charge in [0.15, 0.2) is 5.78 Å². The Labute approximate surface area is 219 Å². The van der Waals surface area contributed by atoms with Gasteiger partial charge in [-0.15, -0.1) is 29.1 Å². The van der Waals surface area contributed by atoms with E-state index in [4.69, 9.17) is 14.5 Å². The number of hydrogen-bond donors (Lipinski definition) is 1. The first-order valence-electron chi connectivity index (χ1n) is 11.2. The maximum atomic E-state index is 10.0. The second-order valence-electron chi connectivity index (χ2n) is 9.43. The van der Waals surface area contributed by atoms with E-state index in [0.717, 1.165) is 38.5 Å². The maximum absolute atomic E-state index is 10.0. The molecule has 2 heterocycles. The molecule has 0 aliphatic rings. The monoisotopic (exact) mass is 643 g/mol. The largest absolute Gasteiger partial charge is 0.512 e. The number of aliphatic hydroxyl groups excluding tert-OH is 1. The van der Waals surface area contributed by atoms with Crippen molar-refractivity contribution in [1.29, 1.82) is 0 Å². The van der Waals surface area contributed by atoms with E-state index in [0.29, 0.717) is 0 Å². The second-order valence-corrected chi connectivity index (χ2v) is 9.43. The number of pyridine rings is 1. The van der Waals surface area contributed by atoms with Gasteiger partial charge < -0.3 is 9.52 Å². The van der Waals surface area contributed by atoms with E-state index >= 15 is 0 Å². The van der Waals surface area contributed by atoms with Crippen molar-refractivity contribution in [1.82, 2.24) is 4.98 Å². The van der Waals surface area contributed by atoms with Crippen molar-refractivity contribution in [2.75, 3.05) is 0 Å². The van der Waals surface area contributed by atoms with Crippen LogP contribution in [0.5, 0.6) is 0 Å². The average Bonchev–Trinajstić information content (AvgIpc) is 3.27. The number of aromatic nitrogens is 1. The SMILES string of the molecule is CC(=O)/C=C(/C)O.CC(C)(C)c1cc(-c2nc3ccccc3c3ccoc23)[c-]c2ccccc12.[Ir]. The smallest absolute Gasteiger partial charge is 0.155 e. The van der Waals surface area contributed by atoms with Crippen molar-refractivity contribution >= 4 is 38.4 Å². The van der Waals surface area contributed by atoms with Crippen LogP contribution in [0, 0.1) is 6.07 Å². The molecule has 0 spiro atoms. The van der Waals surface area contributed by atoms with Crippen LogP contribution in [-0.2, 0) is 30.3 Å². The summed E-state index contributed by atoms with van der Waals surface area (Å²) < 4.78 is 5.87. The van der Waals surface area contributed by atoms with Crippen molar-refractivity contribution in [3.05, 3.63) is 90.4 Å². The van der Waals surface area contributed by atoms with Crippen molar-refractivity contribution in [3.8, 4) is 11.3 Å². The molecule has 0 fully saturated rings. The molecule has 0 saturated carbocycles. The molecule has 2 aromatic heterocycles. The molecular formula is C30H28IrNO3-. The number of para-hydroxylation sites is 1. The normalized spacial score (nSPS) is 11.7. The molecule has 0 saturated heterocycles. The molecule has 0 aliphatic carbocycles. The second kappa shape index (κ2) is 10.6. The molecule has 1 radical (unpaired) electrons. The molecule has 5 aromatic rings. The number of carbonyl (C=O) groups excluding carboxylic acids is 1. The van der Waals surface area contributed by atoms with E-state index in [2.05, 4.69) is 69.3 Å². The molecule has 0 unspecified atom stereocenters. The van der Waals surface area contributed by atoms with E-state index in [1.165, 1.54) is 30.9 Å². The molecule has 0 amide bonds. The quantitative estimate of drug-likeness (QED) is 0.121. The van der Waals surface area contributed by atoms with Gasteiger partial charge in [-0.3, -0.25) is 9.78 Å². The summed E-state index contributed by atoms with van der Waals surface area (Å²) in [4.78, 5) is 15.0. The summed E-state index contributed by atoms with van der Waals surface area (Å²) in [5, 5.41) is 12.9. The van der Waals surface area contributed by atoms with Gasteiger partial charge in [-0.25, -0.2) is 0 Å². The maximum Gasteiger partial charge on any atom is 0.155 e. The number of furan rings is 1. The Bertz CT molecular complexity index is 1540. The number of rotatable bonds is 2. The summed E-state index contributed by atoms with van der Waals surface area (Å²) in [5.41, 5.74) is 4.93. The minimum absolute atomic E-state index is 0. The molecule has 1 N–H and O–H groups in total. The Morgan fingerprint density at radius 3 is 2.26 bits per heavy atom. The van der Waals surface area contributed by atoms with Crippen LogP contribution in [0.3, 0.4) is 0 Å². The predicted molar refractivity (Wildman–Crippen MR) is 139 cm³/mol. The fourth-order valence-electron chi connectivity index (χ4n) is 4.13. The molecule has 0 aliphatic heterocycles. The third kappa shape index (κ3) is 5.70. The average molecular weight is 643 g/mol. The first-order chi connectivity index (χ1) is 16.1. The summed E-state index contributed by atoms with van der Waals surface area (Å²) in [6.45, 7) is 9.58. The van der Waals surface area contributed by atoms with Gasteiger partial charge in [-0.2, -0.15) is 0 Å². The Kier molecular flexibility index (Phi) is 7.94. The van der Waals surface area contributed by atoms with Gasteiger partial charge in [0.1, 0.15) is 5.58 Å². The summed E-state index contributed by atoms with van der Waals surface area (Å²) in [6, 6.07) is 24.5. The van der Waals surface area contributed by atoms with Crippen molar-refractivity contribution in [2.45, 2.75) is 40.0 Å². The number of aliphatic hydroxyl groups is 1. The molecule has 5 rings (SSSR count). The number of carbonyl (C=O) groups is 1. The zero-order chi connectivity index (χ0) is 24.5. The van der Waals surface area contributed by atoms with Gasteiger partial charge in [-0.05, 0) is 31.4 Å². The van der Waals surface area contributed by atoms with Gasteiger partial charge in [0.2, 0.25) is 0 Å². The molecule has 181 valence electrons. The number of nitrogens with zero attached hydrogens (tertiary/aromatic N) is 1. The zero-order valence-electron chi connectivity index (χ0n) is 20.5. The van der Waals surface area contributed by atoms with Crippen LogP contribution >= 0.6 is 0 Å². The first-order valence-corrected chi connectivity index (χ1v) is 11.2. The Morgan fingerprint density at radius 1 is 0.971 bits per heavy atom. The van der Waals surface area contributed by atoms with Crippen LogP contribution in [0.15, 0.2) is 83.2 Å². The number of ketones is 1. The molecule has 0 atom stereocenters. The van der Waals surface area contributed by atoms with Crippen molar-refractivity contribution in [3.63, 3.8) is 0 Å². The van der Waals surface area contributed by atoms with Crippen LogP contribution in [0.4, 0.5) is 0 Å². The van der Waals surface area contributed by atoms with Crippen LogP contribution in [0.1, 0.15) is 40.2 Å². The van der Waals surface area contributed by atoms with E-state index in [-0.39, 0.29) is 37.1 Å². The van der Waals surface area contributed by atoms with Crippen LogP contribution in [-0.4, -0.2) is 15.9 Å². The topological polar surface area (TPSA) is 63.3 Å². The Morgan fingerprint density at radius 2 is 1.63 bits per heavy atom. The number of fused-ring (bicyclic) bond motifs is 4. The molecule has 3 aromatic carbocycles. The number of allylic oxidation sites excluding steroid dienone is 2. The molecular weight excluding hydrogens is 615 g/mol. The number of hydrogen-bond acceptors (Lipinski definition) is 4. The molecule has 4 nitrogen and oxygen atoms in total. The fraction of sp³-hybridized carbons (Fsp3) is 0.200. The standard InChI is InChI=1S/C25H20NO.C5H8O2.Ir/c1-25(2,3)21-15-17(14-16-8-4-5-9-18(16)21)23-24-20(12-13-27-24)19-10-6-7-11-22(19)26-23;1-4(6)3-5(2)7;/h4-13,15H,1-3H3;3,6H,1-2H3;/q-1;;/b;4-3-;. The van der Waals surface area contributed by atoms with E-state index in [1.807, 2.05) is 18.2 Å². The van der Waals surface area contributed by atoms with Gasteiger partial charge in [0.05, 0.1) is 17.5 Å². The zero-order valence-corrected chi connectivity index (χ0v) is 22.9. The minimum Gasteiger partial charge on any atom is -0.512 e. The van der Waals surface area contributed by atoms with E-state index in [1.54, 1.807) is 6.26 Å². The molecule has 35 heavy (non-hydrogen) atoms. The van der Waals surface area contributed by atoms with E-state index in [9.17, 15) is 4.79 Å². The predicted octanol–water partition coefficient (Wildman–Crippen LogP) is 7.93. The van der Waals surface area contributed by atoms with Crippen molar-refractivity contribution < 1.29 is 34.4 Å². The summed E-state index contributed by atoms with van der Waals surface area (Å²) >= 11 is 0. The van der Waals surface area contributed by atoms with Gasteiger partial charge in [-0.1, -0.05) is 68.1 Å². The summed E-state index contributed by atoms with van der Waals surface area (Å²) in [5.74, 6) is -0.0625. The van der Waals surface area contributed by atoms with Gasteiger partial charge in [0.25, 0.3) is 0 Å². The third-order valence-corrected chi connectivity index (χ3v) is 5.56. The molecule has 5 heteroatoms. The van der Waals surface area contributed by atoms with Crippen molar-refractivity contribution in [2.24, 2.45) is 0 Å². The van der Waals surface area contributed by atoms with Crippen LogP contribution in [0.2, 0.25) is 0 Å². The minimum atomic E-state index is -0.125.